The predicted octanol–water partition coefficient (Wildman–Crippen LogP) is 1.21. The van der Waals surface area contributed by atoms with Gasteiger partial charge in [0.25, 0.3) is 5.91 Å². The fourth-order valence-electron chi connectivity index (χ4n) is 1.84. The van der Waals surface area contributed by atoms with E-state index < -0.39 is 29.8 Å². The Morgan fingerprint density at radius 3 is 2.55 bits per heavy atom. The van der Waals surface area contributed by atoms with Crippen LogP contribution in [0.2, 0.25) is 0 Å². The molecule has 0 radical (unpaired) electrons. The van der Waals surface area contributed by atoms with Crippen molar-refractivity contribution in [2.75, 3.05) is 7.11 Å². The van der Waals surface area contributed by atoms with E-state index in [1.807, 2.05) is 6.07 Å². The Labute approximate surface area is 127 Å². The molecule has 1 amide bonds. The van der Waals surface area contributed by atoms with E-state index in [1.54, 1.807) is 6.92 Å². The second kappa shape index (κ2) is 7.78. The van der Waals surface area contributed by atoms with Gasteiger partial charge in [-0.2, -0.15) is 5.26 Å². The third-order valence-corrected chi connectivity index (χ3v) is 3.08. The molecule has 0 spiro atoms. The van der Waals surface area contributed by atoms with Crippen LogP contribution in [0.4, 0.5) is 0 Å². The van der Waals surface area contributed by atoms with Crippen LogP contribution in [0.15, 0.2) is 24.3 Å². The lowest BCUT2D eigenvalue weighted by Gasteiger charge is -2.19. The standard InChI is InChI=1S/C15H16N2O5/c1-9(6-7-16)12(14(19)20)17-13(18)10-4-3-5-11(8-10)15(21)22-2/h3-5,8-9,12H,6H2,1-2H3,(H,17,18)(H,19,20)/t9-,12+/m0/s1. The lowest BCUT2D eigenvalue weighted by Crippen LogP contribution is -2.45. The molecular weight excluding hydrogens is 288 g/mol. The minimum absolute atomic E-state index is 0.000549. The molecule has 0 bridgehead atoms. The Balaban J connectivity index is 2.93. The molecule has 0 fully saturated rings. The number of rotatable bonds is 6. The number of hydrogen-bond donors (Lipinski definition) is 2. The summed E-state index contributed by atoms with van der Waals surface area (Å²) in [7, 11) is 1.22. The number of amides is 1. The van der Waals surface area contributed by atoms with Crippen molar-refractivity contribution >= 4 is 17.8 Å². The van der Waals surface area contributed by atoms with Gasteiger partial charge in [-0.15, -0.1) is 0 Å². The van der Waals surface area contributed by atoms with Crippen molar-refractivity contribution in [3.63, 3.8) is 0 Å². The third kappa shape index (κ3) is 4.31. The lowest BCUT2D eigenvalue weighted by atomic mass is 9.98. The van der Waals surface area contributed by atoms with Crippen LogP contribution in [-0.2, 0) is 9.53 Å². The topological polar surface area (TPSA) is 116 Å². The molecule has 0 heterocycles. The summed E-state index contributed by atoms with van der Waals surface area (Å²) in [5, 5.41) is 20.1. The quantitative estimate of drug-likeness (QED) is 0.763. The zero-order chi connectivity index (χ0) is 16.7. The van der Waals surface area contributed by atoms with E-state index >= 15 is 0 Å². The molecule has 0 aromatic heterocycles. The predicted molar refractivity (Wildman–Crippen MR) is 76.1 cm³/mol. The second-order valence-electron chi connectivity index (χ2n) is 4.70. The highest BCUT2D eigenvalue weighted by atomic mass is 16.5. The zero-order valence-corrected chi connectivity index (χ0v) is 12.2. The summed E-state index contributed by atoms with van der Waals surface area (Å²) in [4.78, 5) is 34.8. The molecule has 0 aliphatic heterocycles. The van der Waals surface area contributed by atoms with Gasteiger partial charge in [-0.1, -0.05) is 13.0 Å². The second-order valence-corrected chi connectivity index (χ2v) is 4.70. The van der Waals surface area contributed by atoms with Gasteiger partial charge < -0.3 is 15.2 Å². The number of nitriles is 1. The molecule has 1 aromatic rings. The van der Waals surface area contributed by atoms with Gasteiger partial charge >= 0.3 is 11.9 Å². The van der Waals surface area contributed by atoms with Gasteiger partial charge in [0.15, 0.2) is 0 Å². The Morgan fingerprint density at radius 1 is 1.36 bits per heavy atom. The number of nitrogens with one attached hydrogen (secondary N) is 1. The number of carbonyl (C=O) groups excluding carboxylic acids is 2. The first-order valence-corrected chi connectivity index (χ1v) is 6.49. The molecule has 7 heteroatoms. The van der Waals surface area contributed by atoms with E-state index in [9.17, 15) is 14.4 Å². The van der Waals surface area contributed by atoms with Crippen molar-refractivity contribution in [2.45, 2.75) is 19.4 Å². The molecule has 1 rings (SSSR count). The van der Waals surface area contributed by atoms with E-state index in [2.05, 4.69) is 10.1 Å². The van der Waals surface area contributed by atoms with Crippen molar-refractivity contribution in [3.05, 3.63) is 35.4 Å². The number of benzene rings is 1. The lowest BCUT2D eigenvalue weighted by molar-refractivity contribution is -0.140. The number of hydrogen-bond acceptors (Lipinski definition) is 5. The summed E-state index contributed by atoms with van der Waals surface area (Å²) in [6, 6.07) is 6.43. The molecule has 0 aliphatic carbocycles. The number of ether oxygens (including phenoxy) is 1. The average molecular weight is 304 g/mol. The number of nitrogens with zero attached hydrogens (tertiary/aromatic N) is 1. The highest BCUT2D eigenvalue weighted by Crippen LogP contribution is 2.11. The molecule has 1 aromatic carbocycles. The molecular formula is C15H16N2O5. The Bertz CT molecular complexity index is 621. The maximum Gasteiger partial charge on any atom is 0.337 e. The summed E-state index contributed by atoms with van der Waals surface area (Å²) >= 11 is 0. The van der Waals surface area contributed by atoms with E-state index in [1.165, 1.54) is 31.4 Å². The van der Waals surface area contributed by atoms with Crippen LogP contribution in [0.25, 0.3) is 0 Å². The smallest absolute Gasteiger partial charge is 0.337 e. The molecule has 7 nitrogen and oxygen atoms in total. The molecule has 0 aliphatic rings. The normalized spacial score (nSPS) is 12.6. The van der Waals surface area contributed by atoms with Gasteiger partial charge in [-0.05, 0) is 18.2 Å². The first-order valence-electron chi connectivity index (χ1n) is 6.49. The number of carbonyl (C=O) groups is 3. The monoisotopic (exact) mass is 304 g/mol. The molecule has 0 unspecified atom stereocenters. The zero-order valence-electron chi connectivity index (χ0n) is 12.2. The molecule has 0 saturated heterocycles. The number of esters is 1. The Morgan fingerprint density at radius 2 is 2.00 bits per heavy atom. The minimum Gasteiger partial charge on any atom is -0.480 e. The van der Waals surface area contributed by atoms with Crippen molar-refractivity contribution < 1.29 is 24.2 Å². The van der Waals surface area contributed by atoms with Crippen molar-refractivity contribution in [1.29, 1.82) is 5.26 Å². The van der Waals surface area contributed by atoms with Crippen LogP contribution >= 0.6 is 0 Å². The highest BCUT2D eigenvalue weighted by molar-refractivity contribution is 5.99. The first kappa shape index (κ1) is 17.2. The number of carboxylic acids is 1. The Hall–Kier alpha value is -2.88. The molecule has 2 atom stereocenters. The van der Waals surface area contributed by atoms with Crippen LogP contribution in [0.3, 0.4) is 0 Å². The number of aliphatic carboxylic acids is 1. The van der Waals surface area contributed by atoms with Gasteiger partial charge in [0.2, 0.25) is 0 Å². The summed E-state index contributed by atoms with van der Waals surface area (Å²) in [6.07, 6.45) is -0.000549. The van der Waals surface area contributed by atoms with E-state index in [4.69, 9.17) is 10.4 Å². The summed E-state index contributed by atoms with van der Waals surface area (Å²) in [5.41, 5.74) is 0.324. The third-order valence-electron chi connectivity index (χ3n) is 3.08. The highest BCUT2D eigenvalue weighted by Gasteiger charge is 2.27. The van der Waals surface area contributed by atoms with Crippen LogP contribution in [0.5, 0.6) is 0 Å². The Kier molecular flexibility index (Phi) is 6.08. The largest absolute Gasteiger partial charge is 0.480 e. The van der Waals surface area contributed by atoms with Crippen LogP contribution in [0, 0.1) is 17.2 Å². The van der Waals surface area contributed by atoms with Gasteiger partial charge in [-0.25, -0.2) is 9.59 Å². The summed E-state index contributed by atoms with van der Waals surface area (Å²) in [6.45, 7) is 1.56. The van der Waals surface area contributed by atoms with Crippen LogP contribution < -0.4 is 5.32 Å². The van der Waals surface area contributed by atoms with Gasteiger partial charge in [-0.3, -0.25) is 4.79 Å². The maximum absolute atomic E-state index is 12.1. The molecule has 0 saturated carbocycles. The van der Waals surface area contributed by atoms with Gasteiger partial charge in [0, 0.05) is 17.9 Å². The SMILES string of the molecule is COC(=O)c1cccc(C(=O)N[C@@H](C(=O)O)[C@@H](C)CC#N)c1. The number of methoxy groups -OCH3 is 1. The van der Waals surface area contributed by atoms with E-state index in [0.29, 0.717) is 0 Å². The molecule has 116 valence electrons. The van der Waals surface area contributed by atoms with Gasteiger partial charge in [0.05, 0.1) is 18.7 Å². The summed E-state index contributed by atoms with van der Waals surface area (Å²) in [5.74, 6) is -3.00. The minimum atomic E-state index is -1.22. The van der Waals surface area contributed by atoms with Crippen molar-refractivity contribution in [1.82, 2.24) is 5.32 Å². The van der Waals surface area contributed by atoms with Crippen LogP contribution in [-0.4, -0.2) is 36.1 Å². The van der Waals surface area contributed by atoms with Gasteiger partial charge in [0.1, 0.15) is 6.04 Å². The fourth-order valence-corrected chi connectivity index (χ4v) is 1.84. The summed E-state index contributed by atoms with van der Waals surface area (Å²) < 4.78 is 4.56. The molecule has 2 N–H and O–H groups in total. The van der Waals surface area contributed by atoms with E-state index in [-0.39, 0.29) is 17.5 Å². The van der Waals surface area contributed by atoms with Crippen LogP contribution in [0.1, 0.15) is 34.1 Å². The fraction of sp³-hybridized carbons (Fsp3) is 0.333. The first-order chi connectivity index (χ1) is 10.4. The average Bonchev–Trinajstić information content (AvgIpc) is 2.51. The van der Waals surface area contributed by atoms with Crippen molar-refractivity contribution in [2.24, 2.45) is 5.92 Å². The maximum atomic E-state index is 12.1. The van der Waals surface area contributed by atoms with E-state index in [0.717, 1.165) is 0 Å². The molecule has 22 heavy (non-hydrogen) atoms. The number of carboxylic acid groups (broad SMARTS) is 1. The van der Waals surface area contributed by atoms with Crippen molar-refractivity contribution in [3.8, 4) is 6.07 Å².